The Morgan fingerprint density at radius 1 is 1.12 bits per heavy atom. The molecule has 0 aromatic heterocycles. The number of halogens is 3. The molecule has 0 heterocycles. The molecule has 1 aliphatic rings. The van der Waals surface area contributed by atoms with Gasteiger partial charge in [0.15, 0.2) is 17.5 Å². The molecule has 2 aromatic carbocycles. The maximum Gasteiger partial charge on any atom is 0.241 e. The zero-order valence-electron chi connectivity index (χ0n) is 13.8. The summed E-state index contributed by atoms with van der Waals surface area (Å²) in [6.07, 6.45) is 2.92. The summed E-state index contributed by atoms with van der Waals surface area (Å²) in [4.78, 5) is 12.3. The number of aryl methyl sites for hydroxylation is 1. The predicted molar refractivity (Wildman–Crippen MR) is 89.7 cm³/mol. The maximum atomic E-state index is 13.7. The Morgan fingerprint density at radius 3 is 2.68 bits per heavy atom. The van der Waals surface area contributed by atoms with E-state index in [2.05, 4.69) is 16.7 Å². The smallest absolute Gasteiger partial charge is 0.241 e. The van der Waals surface area contributed by atoms with Gasteiger partial charge < -0.3 is 5.32 Å². The molecule has 2 N–H and O–H groups in total. The van der Waals surface area contributed by atoms with Crippen molar-refractivity contribution in [3.05, 3.63) is 65.0 Å². The number of rotatable bonds is 4. The molecule has 0 fully saturated rings. The van der Waals surface area contributed by atoms with Crippen molar-refractivity contribution >= 4 is 11.6 Å². The van der Waals surface area contributed by atoms with E-state index >= 15 is 0 Å². The van der Waals surface area contributed by atoms with Crippen molar-refractivity contribution in [3.63, 3.8) is 0 Å². The molecule has 0 bridgehead atoms. The SMILES string of the molecule is C[C@@H](N[C@H]1CCCc2ccccc21)C(=O)Nc1ccc(F)c(F)c1F. The topological polar surface area (TPSA) is 41.1 Å². The lowest BCUT2D eigenvalue weighted by Crippen LogP contribution is -2.41. The normalized spacial score (nSPS) is 17.7. The Kier molecular flexibility index (Phi) is 5.08. The monoisotopic (exact) mass is 348 g/mol. The van der Waals surface area contributed by atoms with Crippen LogP contribution in [-0.2, 0) is 11.2 Å². The molecular weight excluding hydrogens is 329 g/mol. The molecule has 0 unspecified atom stereocenters. The summed E-state index contributed by atoms with van der Waals surface area (Å²) < 4.78 is 39.9. The molecule has 132 valence electrons. The second-order valence-electron chi connectivity index (χ2n) is 6.24. The first-order valence-electron chi connectivity index (χ1n) is 8.25. The molecule has 3 nitrogen and oxygen atoms in total. The highest BCUT2D eigenvalue weighted by molar-refractivity contribution is 5.94. The average Bonchev–Trinajstić information content (AvgIpc) is 2.62. The standard InChI is InChI=1S/C19H19F3N2O/c1-11(19(25)24-16-10-9-14(20)17(21)18(16)22)23-15-8-4-6-12-5-2-3-7-13(12)15/h2-3,5,7,9-11,15,23H,4,6,8H2,1H3,(H,24,25)/t11-,15+/m1/s1. The van der Waals surface area contributed by atoms with Crippen molar-refractivity contribution in [2.24, 2.45) is 0 Å². The van der Waals surface area contributed by atoms with Crippen molar-refractivity contribution in [1.29, 1.82) is 0 Å². The highest BCUT2D eigenvalue weighted by Crippen LogP contribution is 2.30. The number of anilines is 1. The van der Waals surface area contributed by atoms with Crippen LogP contribution in [0, 0.1) is 17.5 Å². The summed E-state index contributed by atoms with van der Waals surface area (Å²) in [5, 5.41) is 5.55. The van der Waals surface area contributed by atoms with E-state index in [0.717, 1.165) is 37.0 Å². The third kappa shape index (κ3) is 3.69. The lowest BCUT2D eigenvalue weighted by atomic mass is 9.87. The molecule has 2 atom stereocenters. The number of nitrogens with one attached hydrogen (secondary N) is 2. The fourth-order valence-corrected chi connectivity index (χ4v) is 3.17. The second-order valence-corrected chi connectivity index (χ2v) is 6.24. The number of fused-ring (bicyclic) bond motifs is 1. The number of amides is 1. The second kappa shape index (κ2) is 7.27. The molecular formula is C19H19F3N2O. The van der Waals surface area contributed by atoms with Crippen LogP contribution in [0.2, 0.25) is 0 Å². The summed E-state index contributed by atoms with van der Waals surface area (Å²) >= 11 is 0. The Labute approximate surface area is 144 Å². The largest absolute Gasteiger partial charge is 0.322 e. The lowest BCUT2D eigenvalue weighted by Gasteiger charge is -2.29. The molecule has 25 heavy (non-hydrogen) atoms. The highest BCUT2D eigenvalue weighted by atomic mass is 19.2. The van der Waals surface area contributed by atoms with Crippen molar-refractivity contribution < 1.29 is 18.0 Å². The Hall–Kier alpha value is -2.34. The quantitative estimate of drug-likeness (QED) is 0.817. The van der Waals surface area contributed by atoms with Crippen LogP contribution in [-0.4, -0.2) is 11.9 Å². The summed E-state index contributed by atoms with van der Waals surface area (Å²) in [7, 11) is 0. The van der Waals surface area contributed by atoms with E-state index in [1.165, 1.54) is 5.56 Å². The molecule has 6 heteroatoms. The van der Waals surface area contributed by atoms with Crippen LogP contribution in [0.5, 0.6) is 0 Å². The number of carbonyl (C=O) groups is 1. The van der Waals surface area contributed by atoms with Gasteiger partial charge in [0, 0.05) is 6.04 Å². The van der Waals surface area contributed by atoms with Gasteiger partial charge in [0.2, 0.25) is 5.91 Å². The van der Waals surface area contributed by atoms with Crippen molar-refractivity contribution in [3.8, 4) is 0 Å². The van der Waals surface area contributed by atoms with Crippen LogP contribution in [0.1, 0.15) is 36.9 Å². The van der Waals surface area contributed by atoms with E-state index in [4.69, 9.17) is 0 Å². The first-order valence-corrected chi connectivity index (χ1v) is 8.25. The zero-order valence-corrected chi connectivity index (χ0v) is 13.8. The molecule has 3 rings (SSSR count). The van der Waals surface area contributed by atoms with Crippen LogP contribution in [0.4, 0.5) is 18.9 Å². The highest BCUT2D eigenvalue weighted by Gasteiger charge is 2.24. The van der Waals surface area contributed by atoms with Gasteiger partial charge >= 0.3 is 0 Å². The lowest BCUT2D eigenvalue weighted by molar-refractivity contribution is -0.118. The minimum absolute atomic E-state index is 0.0282. The minimum atomic E-state index is -1.60. The van der Waals surface area contributed by atoms with Gasteiger partial charge in [-0.15, -0.1) is 0 Å². The third-order valence-corrected chi connectivity index (χ3v) is 4.51. The van der Waals surface area contributed by atoms with E-state index < -0.39 is 29.4 Å². The predicted octanol–water partition coefficient (Wildman–Crippen LogP) is 4.10. The van der Waals surface area contributed by atoms with Crippen molar-refractivity contribution in [1.82, 2.24) is 5.32 Å². The summed E-state index contributed by atoms with van der Waals surface area (Å²) in [6, 6.07) is 9.25. The zero-order chi connectivity index (χ0) is 18.0. The molecule has 0 aliphatic heterocycles. The molecule has 0 saturated carbocycles. The van der Waals surface area contributed by atoms with Crippen molar-refractivity contribution in [2.75, 3.05) is 5.32 Å². The third-order valence-electron chi connectivity index (χ3n) is 4.51. The number of hydrogen-bond donors (Lipinski definition) is 2. The van der Waals surface area contributed by atoms with Gasteiger partial charge in [-0.05, 0) is 49.4 Å². The molecule has 1 aliphatic carbocycles. The molecule has 0 radical (unpaired) electrons. The van der Waals surface area contributed by atoms with Gasteiger partial charge in [-0.3, -0.25) is 10.1 Å². The maximum absolute atomic E-state index is 13.7. The Morgan fingerprint density at radius 2 is 1.88 bits per heavy atom. The van der Waals surface area contributed by atoms with Crippen LogP contribution >= 0.6 is 0 Å². The van der Waals surface area contributed by atoms with E-state index in [9.17, 15) is 18.0 Å². The fourth-order valence-electron chi connectivity index (χ4n) is 3.17. The van der Waals surface area contributed by atoms with E-state index in [1.54, 1.807) is 6.92 Å². The van der Waals surface area contributed by atoms with E-state index in [-0.39, 0.29) is 11.7 Å². The van der Waals surface area contributed by atoms with Crippen LogP contribution in [0.15, 0.2) is 36.4 Å². The summed E-state index contributed by atoms with van der Waals surface area (Å²) in [5.41, 5.74) is 2.04. The number of carbonyl (C=O) groups excluding carboxylic acids is 1. The van der Waals surface area contributed by atoms with Crippen LogP contribution < -0.4 is 10.6 Å². The molecule has 1 amide bonds. The van der Waals surface area contributed by atoms with Crippen LogP contribution in [0.25, 0.3) is 0 Å². The Bertz CT molecular complexity index is 794. The summed E-state index contributed by atoms with van der Waals surface area (Å²) in [6.45, 7) is 1.66. The summed E-state index contributed by atoms with van der Waals surface area (Å²) in [5.74, 6) is -4.79. The van der Waals surface area contributed by atoms with E-state index in [0.29, 0.717) is 0 Å². The fraction of sp³-hybridized carbons (Fsp3) is 0.316. The van der Waals surface area contributed by atoms with E-state index in [1.807, 2.05) is 18.2 Å². The van der Waals surface area contributed by atoms with Crippen molar-refractivity contribution in [2.45, 2.75) is 38.3 Å². The molecule has 2 aromatic rings. The molecule has 0 spiro atoms. The first kappa shape index (κ1) is 17.5. The van der Waals surface area contributed by atoms with Gasteiger partial charge in [0.05, 0.1) is 11.7 Å². The van der Waals surface area contributed by atoms with Gasteiger partial charge in [-0.25, -0.2) is 13.2 Å². The van der Waals surface area contributed by atoms with Gasteiger partial charge in [0.1, 0.15) is 0 Å². The Balaban J connectivity index is 1.69. The minimum Gasteiger partial charge on any atom is -0.322 e. The number of hydrogen-bond acceptors (Lipinski definition) is 2. The van der Waals surface area contributed by atoms with Gasteiger partial charge in [0.25, 0.3) is 0 Å². The van der Waals surface area contributed by atoms with Crippen LogP contribution in [0.3, 0.4) is 0 Å². The first-order chi connectivity index (χ1) is 12.0. The molecule has 0 saturated heterocycles. The number of benzene rings is 2. The van der Waals surface area contributed by atoms with Gasteiger partial charge in [-0.2, -0.15) is 0 Å². The average molecular weight is 348 g/mol. The van der Waals surface area contributed by atoms with Gasteiger partial charge in [-0.1, -0.05) is 24.3 Å².